The zero-order valence-electron chi connectivity index (χ0n) is 9.44. The molecule has 0 saturated carbocycles. The van der Waals surface area contributed by atoms with Crippen LogP contribution >= 0.6 is 0 Å². The Bertz CT molecular complexity index is 491. The van der Waals surface area contributed by atoms with Gasteiger partial charge in [-0.2, -0.15) is 0 Å². The van der Waals surface area contributed by atoms with E-state index in [0.29, 0.717) is 12.0 Å². The van der Waals surface area contributed by atoms with Crippen LogP contribution in [0.2, 0.25) is 0 Å². The third-order valence-corrected chi connectivity index (χ3v) is 3.41. The van der Waals surface area contributed by atoms with Gasteiger partial charge in [0.2, 0.25) is 0 Å². The third-order valence-electron chi connectivity index (χ3n) is 3.41. The fourth-order valence-corrected chi connectivity index (χ4v) is 2.57. The van der Waals surface area contributed by atoms with Crippen LogP contribution in [0.25, 0.3) is 10.9 Å². The zero-order valence-corrected chi connectivity index (χ0v) is 9.44. The number of hydrogen-bond acceptors (Lipinski definition) is 3. The number of hydrogen-bond donors (Lipinski definition) is 1. The average molecular weight is 216 g/mol. The van der Waals surface area contributed by atoms with Gasteiger partial charge in [-0.25, -0.2) is 0 Å². The largest absolute Gasteiger partial charge is 0.360 e. The van der Waals surface area contributed by atoms with E-state index in [2.05, 4.69) is 23.5 Å². The van der Waals surface area contributed by atoms with Crippen molar-refractivity contribution in [2.75, 3.05) is 6.54 Å². The van der Waals surface area contributed by atoms with Crippen LogP contribution < -0.4 is 5.32 Å². The van der Waals surface area contributed by atoms with E-state index >= 15 is 0 Å². The van der Waals surface area contributed by atoms with E-state index < -0.39 is 0 Å². The number of nitrogens with zero attached hydrogens (tertiary/aromatic N) is 1. The van der Waals surface area contributed by atoms with Gasteiger partial charge in [0.25, 0.3) is 0 Å². The molecule has 0 aliphatic carbocycles. The number of nitrogens with one attached hydrogen (secondary N) is 1. The lowest BCUT2D eigenvalue weighted by Gasteiger charge is -2.26. The first-order valence-electron chi connectivity index (χ1n) is 5.92. The van der Waals surface area contributed by atoms with E-state index in [-0.39, 0.29) is 0 Å². The summed E-state index contributed by atoms with van der Waals surface area (Å²) in [7, 11) is 0. The van der Waals surface area contributed by atoms with Gasteiger partial charge in [-0.05, 0) is 38.4 Å². The molecule has 0 bridgehead atoms. The SMILES string of the molecule is CC1CC(c2onc3ccccc23)CCN1. The molecule has 3 nitrogen and oxygen atoms in total. The molecule has 0 radical (unpaired) electrons. The number of benzene rings is 1. The number of fused-ring (bicyclic) bond motifs is 1. The highest BCUT2D eigenvalue weighted by Gasteiger charge is 2.24. The molecule has 1 aliphatic heterocycles. The first kappa shape index (κ1) is 9.85. The summed E-state index contributed by atoms with van der Waals surface area (Å²) in [4.78, 5) is 0. The minimum atomic E-state index is 0.517. The highest BCUT2D eigenvalue weighted by Crippen LogP contribution is 2.32. The molecule has 84 valence electrons. The van der Waals surface area contributed by atoms with Crippen molar-refractivity contribution in [1.29, 1.82) is 0 Å². The van der Waals surface area contributed by atoms with Crippen molar-refractivity contribution >= 4 is 10.9 Å². The number of aromatic nitrogens is 1. The highest BCUT2D eigenvalue weighted by molar-refractivity contribution is 5.80. The van der Waals surface area contributed by atoms with Gasteiger partial charge in [0, 0.05) is 17.3 Å². The molecule has 3 heteroatoms. The monoisotopic (exact) mass is 216 g/mol. The second-order valence-electron chi connectivity index (χ2n) is 4.64. The lowest BCUT2D eigenvalue weighted by atomic mass is 9.89. The number of rotatable bonds is 1. The lowest BCUT2D eigenvalue weighted by molar-refractivity contribution is 0.306. The summed E-state index contributed by atoms with van der Waals surface area (Å²) < 4.78 is 5.53. The van der Waals surface area contributed by atoms with Gasteiger partial charge >= 0.3 is 0 Å². The van der Waals surface area contributed by atoms with Gasteiger partial charge < -0.3 is 9.84 Å². The molecule has 16 heavy (non-hydrogen) atoms. The summed E-state index contributed by atoms with van der Waals surface area (Å²) in [5, 5.41) is 8.77. The van der Waals surface area contributed by atoms with Crippen molar-refractivity contribution in [3.8, 4) is 0 Å². The second kappa shape index (κ2) is 3.91. The molecular formula is C13H16N2O. The van der Waals surface area contributed by atoms with Gasteiger partial charge in [0.1, 0.15) is 11.3 Å². The van der Waals surface area contributed by atoms with Crippen molar-refractivity contribution in [2.45, 2.75) is 31.7 Å². The van der Waals surface area contributed by atoms with Gasteiger partial charge in [-0.3, -0.25) is 0 Å². The molecule has 2 heterocycles. The second-order valence-corrected chi connectivity index (χ2v) is 4.64. The maximum Gasteiger partial charge on any atom is 0.147 e. The van der Waals surface area contributed by atoms with Crippen LogP contribution in [-0.2, 0) is 0 Å². The van der Waals surface area contributed by atoms with Crippen molar-refractivity contribution in [2.24, 2.45) is 0 Å². The molecule has 3 rings (SSSR count). The molecule has 1 fully saturated rings. The summed E-state index contributed by atoms with van der Waals surface area (Å²) in [6, 6.07) is 8.73. The maximum atomic E-state index is 5.53. The quantitative estimate of drug-likeness (QED) is 0.796. The van der Waals surface area contributed by atoms with Crippen molar-refractivity contribution in [3.63, 3.8) is 0 Å². The minimum Gasteiger partial charge on any atom is -0.360 e. The standard InChI is InChI=1S/C13H16N2O/c1-9-8-10(6-7-14-9)13-11-4-2-3-5-12(11)15-16-13/h2-5,9-10,14H,6-8H2,1H3. The Kier molecular flexibility index (Phi) is 2.40. The number of piperidine rings is 1. The molecule has 0 amide bonds. The lowest BCUT2D eigenvalue weighted by Crippen LogP contribution is -2.34. The van der Waals surface area contributed by atoms with E-state index in [1.165, 1.54) is 5.39 Å². The van der Waals surface area contributed by atoms with Crippen LogP contribution in [0.15, 0.2) is 28.8 Å². The van der Waals surface area contributed by atoms with Crippen molar-refractivity contribution in [3.05, 3.63) is 30.0 Å². The fraction of sp³-hybridized carbons (Fsp3) is 0.462. The molecule has 1 aromatic carbocycles. The van der Waals surface area contributed by atoms with Crippen LogP contribution in [0.3, 0.4) is 0 Å². The molecule has 2 unspecified atom stereocenters. The normalized spacial score (nSPS) is 26.1. The van der Waals surface area contributed by atoms with Crippen LogP contribution in [0.4, 0.5) is 0 Å². The van der Waals surface area contributed by atoms with Crippen molar-refractivity contribution < 1.29 is 4.52 Å². The molecule has 2 aromatic rings. The predicted molar refractivity (Wildman–Crippen MR) is 63.4 cm³/mol. The minimum absolute atomic E-state index is 0.517. The van der Waals surface area contributed by atoms with Gasteiger partial charge in [-0.15, -0.1) is 0 Å². The summed E-state index contributed by atoms with van der Waals surface area (Å²) in [5.41, 5.74) is 0.976. The first-order chi connectivity index (χ1) is 7.84. The average Bonchev–Trinajstić information content (AvgIpc) is 2.72. The highest BCUT2D eigenvalue weighted by atomic mass is 16.5. The zero-order chi connectivity index (χ0) is 11.0. The van der Waals surface area contributed by atoms with E-state index in [1.54, 1.807) is 0 Å². The van der Waals surface area contributed by atoms with E-state index in [4.69, 9.17) is 4.52 Å². The molecule has 0 spiro atoms. The van der Waals surface area contributed by atoms with Crippen LogP contribution in [0.1, 0.15) is 31.4 Å². The Hall–Kier alpha value is -1.35. The summed E-state index contributed by atoms with van der Waals surface area (Å²) in [6.45, 7) is 3.30. The molecule has 1 aliphatic rings. The Morgan fingerprint density at radius 2 is 2.25 bits per heavy atom. The molecule has 1 N–H and O–H groups in total. The Balaban J connectivity index is 1.99. The Morgan fingerprint density at radius 1 is 1.38 bits per heavy atom. The smallest absolute Gasteiger partial charge is 0.147 e. The first-order valence-corrected chi connectivity index (χ1v) is 5.92. The summed E-state index contributed by atoms with van der Waals surface area (Å²) in [6.07, 6.45) is 2.28. The van der Waals surface area contributed by atoms with Gasteiger partial charge in [-0.1, -0.05) is 17.3 Å². The van der Waals surface area contributed by atoms with E-state index in [1.807, 2.05) is 18.2 Å². The summed E-state index contributed by atoms with van der Waals surface area (Å²) >= 11 is 0. The third kappa shape index (κ3) is 1.61. The van der Waals surface area contributed by atoms with Crippen molar-refractivity contribution in [1.82, 2.24) is 10.5 Å². The van der Waals surface area contributed by atoms with Crippen LogP contribution in [-0.4, -0.2) is 17.7 Å². The van der Waals surface area contributed by atoms with Gasteiger partial charge in [0.05, 0.1) is 0 Å². The molecule has 2 atom stereocenters. The fourth-order valence-electron chi connectivity index (χ4n) is 2.57. The van der Waals surface area contributed by atoms with E-state index in [0.717, 1.165) is 30.7 Å². The van der Waals surface area contributed by atoms with Gasteiger partial charge in [0.15, 0.2) is 0 Å². The predicted octanol–water partition coefficient (Wildman–Crippen LogP) is 2.68. The van der Waals surface area contributed by atoms with Crippen LogP contribution in [0.5, 0.6) is 0 Å². The molecule has 1 aromatic heterocycles. The Labute approximate surface area is 94.8 Å². The molecular weight excluding hydrogens is 200 g/mol. The Morgan fingerprint density at radius 3 is 3.12 bits per heavy atom. The topological polar surface area (TPSA) is 38.1 Å². The van der Waals surface area contributed by atoms with E-state index in [9.17, 15) is 0 Å². The summed E-state index contributed by atoms with van der Waals surface area (Å²) in [5.74, 6) is 1.59. The molecule has 1 saturated heterocycles. The maximum absolute atomic E-state index is 5.53. The van der Waals surface area contributed by atoms with Crippen LogP contribution in [0, 0.1) is 0 Å².